The minimum absolute atomic E-state index is 0.0236. The third kappa shape index (κ3) is 4.70. The Morgan fingerprint density at radius 1 is 1.40 bits per heavy atom. The first kappa shape index (κ1) is 17.7. The van der Waals surface area contributed by atoms with Crippen LogP contribution >= 0.6 is 11.3 Å². The summed E-state index contributed by atoms with van der Waals surface area (Å²) in [6.45, 7) is 1.16. The summed E-state index contributed by atoms with van der Waals surface area (Å²) in [6, 6.07) is 2.96. The number of hydrogen-bond acceptors (Lipinski definition) is 6. The lowest BCUT2D eigenvalue weighted by molar-refractivity contribution is 0.0799. The van der Waals surface area contributed by atoms with Gasteiger partial charge in [0.2, 0.25) is 0 Å². The van der Waals surface area contributed by atoms with Gasteiger partial charge in [0.05, 0.1) is 0 Å². The lowest BCUT2D eigenvalue weighted by atomic mass is 9.97. The summed E-state index contributed by atoms with van der Waals surface area (Å²) < 4.78 is 29.6. The zero-order valence-electron chi connectivity index (χ0n) is 13.4. The number of carbonyl (C=O) groups is 1. The predicted molar refractivity (Wildman–Crippen MR) is 90.6 cm³/mol. The van der Waals surface area contributed by atoms with Gasteiger partial charge in [0.25, 0.3) is 12.3 Å². The van der Waals surface area contributed by atoms with Gasteiger partial charge >= 0.3 is 0 Å². The van der Waals surface area contributed by atoms with E-state index in [2.05, 4.69) is 20.6 Å². The fourth-order valence-electron chi connectivity index (χ4n) is 2.63. The van der Waals surface area contributed by atoms with Crippen molar-refractivity contribution in [1.29, 1.82) is 0 Å². The van der Waals surface area contributed by atoms with E-state index in [4.69, 9.17) is 4.74 Å². The van der Waals surface area contributed by atoms with Crippen molar-refractivity contribution in [2.45, 2.75) is 25.2 Å². The Kier molecular flexibility index (Phi) is 5.87. The Hall–Kier alpha value is -2.13. The molecule has 3 heterocycles. The average molecular weight is 368 g/mol. The van der Waals surface area contributed by atoms with E-state index in [1.807, 2.05) is 0 Å². The second-order valence-electron chi connectivity index (χ2n) is 5.60. The van der Waals surface area contributed by atoms with Gasteiger partial charge in [-0.05, 0) is 44.0 Å². The van der Waals surface area contributed by atoms with Gasteiger partial charge in [-0.25, -0.2) is 18.7 Å². The number of anilines is 1. The van der Waals surface area contributed by atoms with E-state index in [0.717, 1.165) is 30.8 Å². The van der Waals surface area contributed by atoms with Crippen LogP contribution in [0.3, 0.4) is 0 Å². The molecular formula is C16H18F2N4O2S. The minimum atomic E-state index is -2.62. The number of halogens is 2. The summed E-state index contributed by atoms with van der Waals surface area (Å²) in [7, 11) is 0. The van der Waals surface area contributed by atoms with Gasteiger partial charge < -0.3 is 10.1 Å². The van der Waals surface area contributed by atoms with Crippen molar-refractivity contribution in [3.05, 3.63) is 35.1 Å². The first-order valence-corrected chi connectivity index (χ1v) is 8.79. The third-order valence-corrected chi connectivity index (χ3v) is 4.91. The van der Waals surface area contributed by atoms with E-state index >= 15 is 0 Å². The fraction of sp³-hybridized carbons (Fsp3) is 0.438. The maximum atomic E-state index is 12.4. The molecular weight excluding hydrogens is 350 g/mol. The highest BCUT2D eigenvalue weighted by Crippen LogP contribution is 2.32. The molecule has 6 nitrogen and oxygen atoms in total. The Morgan fingerprint density at radius 2 is 2.20 bits per heavy atom. The summed E-state index contributed by atoms with van der Waals surface area (Å²) in [4.78, 5) is 21.7. The quantitative estimate of drug-likeness (QED) is 0.820. The van der Waals surface area contributed by atoms with Crippen molar-refractivity contribution < 1.29 is 18.3 Å². The normalized spacial score (nSPS) is 15.3. The summed E-state index contributed by atoms with van der Waals surface area (Å²) in [5, 5.41) is 6.44. The zero-order chi connectivity index (χ0) is 17.6. The van der Waals surface area contributed by atoms with Gasteiger partial charge in [-0.2, -0.15) is 0 Å². The lowest BCUT2D eigenvalue weighted by Crippen LogP contribution is -2.26. The second kappa shape index (κ2) is 8.30. The minimum Gasteiger partial charge on any atom is -0.485 e. The molecule has 0 bridgehead atoms. The van der Waals surface area contributed by atoms with E-state index in [0.29, 0.717) is 11.0 Å². The van der Waals surface area contributed by atoms with Crippen molar-refractivity contribution in [1.82, 2.24) is 15.3 Å². The third-order valence-electron chi connectivity index (χ3n) is 3.84. The summed E-state index contributed by atoms with van der Waals surface area (Å²) in [5.41, 5.74) is -0.0400. The Bertz CT molecular complexity index is 720. The molecule has 0 spiro atoms. The monoisotopic (exact) mass is 368 g/mol. The van der Waals surface area contributed by atoms with E-state index in [1.165, 1.54) is 29.7 Å². The standard InChI is InChI=1S/C16H18F2N4O2S/c17-13(18)9-24-11-2-1-5-20-14(11)15(23)22-16-21-8-12(25-16)10-3-6-19-7-4-10/h1-2,5,8,10,13,19H,3-4,6-7,9H2,(H,21,22,23). The van der Waals surface area contributed by atoms with Crippen LogP contribution in [0.25, 0.3) is 0 Å². The molecule has 0 aliphatic carbocycles. The van der Waals surface area contributed by atoms with Crippen LogP contribution in [0.1, 0.15) is 34.1 Å². The number of rotatable bonds is 6. The molecule has 134 valence electrons. The number of carbonyl (C=O) groups excluding carboxylic acids is 1. The van der Waals surface area contributed by atoms with E-state index < -0.39 is 18.9 Å². The molecule has 1 saturated heterocycles. The molecule has 9 heteroatoms. The van der Waals surface area contributed by atoms with Crippen LogP contribution in [-0.2, 0) is 0 Å². The molecule has 3 rings (SSSR count). The van der Waals surface area contributed by atoms with Crippen LogP contribution in [0.15, 0.2) is 24.5 Å². The molecule has 1 aliphatic heterocycles. The average Bonchev–Trinajstić information content (AvgIpc) is 3.09. The fourth-order valence-corrected chi connectivity index (χ4v) is 3.61. The van der Waals surface area contributed by atoms with Crippen molar-refractivity contribution in [2.24, 2.45) is 0 Å². The molecule has 1 fully saturated rings. The number of aromatic nitrogens is 2. The predicted octanol–water partition coefficient (Wildman–Crippen LogP) is 2.90. The van der Waals surface area contributed by atoms with Crippen LogP contribution in [-0.4, -0.2) is 42.0 Å². The molecule has 2 N–H and O–H groups in total. The van der Waals surface area contributed by atoms with Crippen molar-refractivity contribution in [3.8, 4) is 5.75 Å². The maximum Gasteiger partial charge on any atom is 0.279 e. The topological polar surface area (TPSA) is 76.1 Å². The van der Waals surface area contributed by atoms with Crippen LogP contribution in [0.2, 0.25) is 0 Å². The number of nitrogens with one attached hydrogen (secondary N) is 2. The Morgan fingerprint density at radius 3 is 2.96 bits per heavy atom. The van der Waals surface area contributed by atoms with Crippen LogP contribution in [0, 0.1) is 0 Å². The van der Waals surface area contributed by atoms with Crippen LogP contribution < -0.4 is 15.4 Å². The smallest absolute Gasteiger partial charge is 0.279 e. The molecule has 25 heavy (non-hydrogen) atoms. The van der Waals surface area contributed by atoms with Crippen molar-refractivity contribution in [2.75, 3.05) is 25.0 Å². The molecule has 0 atom stereocenters. The number of thiazole rings is 1. The SMILES string of the molecule is O=C(Nc1ncc(C2CCNCC2)s1)c1ncccc1OCC(F)F. The van der Waals surface area contributed by atoms with Gasteiger partial charge in [0, 0.05) is 17.3 Å². The summed E-state index contributed by atoms with van der Waals surface area (Å²) >= 11 is 1.43. The largest absolute Gasteiger partial charge is 0.485 e. The van der Waals surface area contributed by atoms with E-state index in [-0.39, 0.29) is 11.4 Å². The number of piperidine rings is 1. The number of hydrogen-bond donors (Lipinski definition) is 2. The molecule has 0 saturated carbocycles. The van der Waals surface area contributed by atoms with Crippen molar-refractivity contribution in [3.63, 3.8) is 0 Å². The highest BCUT2D eigenvalue weighted by molar-refractivity contribution is 7.15. The number of alkyl halides is 2. The van der Waals surface area contributed by atoms with Gasteiger partial charge in [0.1, 0.15) is 6.61 Å². The molecule has 1 amide bonds. The van der Waals surface area contributed by atoms with Crippen LogP contribution in [0.5, 0.6) is 5.75 Å². The Balaban J connectivity index is 1.67. The molecule has 2 aromatic rings. The van der Waals surface area contributed by atoms with Crippen LogP contribution in [0.4, 0.5) is 13.9 Å². The number of amides is 1. The number of nitrogens with zero attached hydrogens (tertiary/aromatic N) is 2. The van der Waals surface area contributed by atoms with E-state index in [1.54, 1.807) is 6.20 Å². The van der Waals surface area contributed by atoms with Gasteiger partial charge in [0.15, 0.2) is 16.6 Å². The molecule has 0 radical (unpaired) electrons. The number of ether oxygens (including phenoxy) is 1. The lowest BCUT2D eigenvalue weighted by Gasteiger charge is -2.20. The van der Waals surface area contributed by atoms with Gasteiger partial charge in [-0.3, -0.25) is 10.1 Å². The summed E-state index contributed by atoms with van der Waals surface area (Å²) in [5.74, 6) is -0.0595. The molecule has 0 unspecified atom stereocenters. The highest BCUT2D eigenvalue weighted by Gasteiger charge is 2.20. The molecule has 0 aromatic carbocycles. The maximum absolute atomic E-state index is 12.4. The second-order valence-corrected chi connectivity index (χ2v) is 6.66. The molecule has 2 aromatic heterocycles. The highest BCUT2D eigenvalue weighted by atomic mass is 32.1. The summed E-state index contributed by atoms with van der Waals surface area (Å²) in [6.07, 6.45) is 2.65. The van der Waals surface area contributed by atoms with Gasteiger partial charge in [-0.15, -0.1) is 11.3 Å². The van der Waals surface area contributed by atoms with Crippen molar-refractivity contribution >= 4 is 22.4 Å². The van der Waals surface area contributed by atoms with E-state index in [9.17, 15) is 13.6 Å². The Labute approximate surface area is 147 Å². The van der Waals surface area contributed by atoms with Gasteiger partial charge in [-0.1, -0.05) is 0 Å². The molecule has 1 aliphatic rings. The first-order chi connectivity index (χ1) is 12.1. The zero-order valence-corrected chi connectivity index (χ0v) is 14.2. The first-order valence-electron chi connectivity index (χ1n) is 7.97. The number of pyridine rings is 1.